The number of sulfonamides is 1. The van der Waals surface area contributed by atoms with Gasteiger partial charge < -0.3 is 15.1 Å². The molecule has 1 saturated heterocycles. The molecule has 2 aromatic rings. The van der Waals surface area contributed by atoms with Gasteiger partial charge in [0.05, 0.1) is 17.9 Å². The predicted molar refractivity (Wildman–Crippen MR) is 122 cm³/mol. The molecule has 0 bridgehead atoms. The summed E-state index contributed by atoms with van der Waals surface area (Å²) in [5, 5.41) is 3.99. The number of hydrogen-bond acceptors (Lipinski definition) is 5. The Labute approximate surface area is 178 Å². The molecule has 1 heterocycles. The summed E-state index contributed by atoms with van der Waals surface area (Å²) in [4.78, 5) is 17.1. The summed E-state index contributed by atoms with van der Waals surface area (Å²) < 4.78 is 26.0. The van der Waals surface area contributed by atoms with Crippen molar-refractivity contribution >= 4 is 33.4 Å². The first-order valence-corrected chi connectivity index (χ1v) is 11.4. The lowest BCUT2D eigenvalue weighted by molar-refractivity contribution is -0.116. The normalized spacial score (nSPS) is 15.6. The van der Waals surface area contributed by atoms with Gasteiger partial charge >= 0.3 is 0 Å². The molecule has 1 fully saturated rings. The summed E-state index contributed by atoms with van der Waals surface area (Å²) in [7, 11) is -0.216. The Morgan fingerprint density at radius 2 is 1.67 bits per heavy atom. The van der Waals surface area contributed by atoms with E-state index >= 15 is 0 Å². The number of nitrogens with one attached hydrogen (secondary N) is 1. The number of carbonyl (C=O) groups excluding carboxylic acids is 1. The lowest BCUT2D eigenvalue weighted by atomic mass is 10.2. The Morgan fingerprint density at radius 1 is 1.03 bits per heavy atom. The maximum absolute atomic E-state index is 12.6. The van der Waals surface area contributed by atoms with E-state index in [1.54, 1.807) is 0 Å². The maximum Gasteiger partial charge on any atom is 0.239 e. The van der Waals surface area contributed by atoms with Crippen LogP contribution in [0.25, 0.3) is 6.08 Å². The molecule has 2 aromatic carbocycles. The van der Waals surface area contributed by atoms with Gasteiger partial charge in [-0.3, -0.25) is 4.79 Å². The first kappa shape index (κ1) is 22.0. The molecule has 30 heavy (non-hydrogen) atoms. The van der Waals surface area contributed by atoms with Crippen LogP contribution in [0, 0.1) is 0 Å². The van der Waals surface area contributed by atoms with Crippen molar-refractivity contribution in [3.63, 3.8) is 0 Å². The van der Waals surface area contributed by atoms with Crippen LogP contribution in [0.1, 0.15) is 5.56 Å². The van der Waals surface area contributed by atoms with E-state index in [0.717, 1.165) is 47.1 Å². The Balaban J connectivity index is 1.63. The van der Waals surface area contributed by atoms with Crippen LogP contribution in [0.3, 0.4) is 0 Å². The number of amides is 1. The molecule has 0 aromatic heterocycles. The molecular formula is C22H28N4O3S. The number of nitrogens with zero attached hydrogens (tertiary/aromatic N) is 3. The van der Waals surface area contributed by atoms with Crippen molar-refractivity contribution in [2.24, 2.45) is 0 Å². The van der Waals surface area contributed by atoms with Gasteiger partial charge in [0, 0.05) is 38.6 Å². The van der Waals surface area contributed by atoms with Crippen molar-refractivity contribution in [2.75, 3.05) is 57.0 Å². The monoisotopic (exact) mass is 428 g/mol. The third-order valence-corrected chi connectivity index (χ3v) is 6.53. The van der Waals surface area contributed by atoms with E-state index in [4.69, 9.17) is 0 Å². The van der Waals surface area contributed by atoms with Gasteiger partial charge in [-0.2, -0.15) is 4.31 Å². The molecule has 1 aliphatic rings. The van der Waals surface area contributed by atoms with Crippen LogP contribution in [0.5, 0.6) is 0 Å². The number of benzene rings is 2. The summed E-state index contributed by atoms with van der Waals surface area (Å²) in [6, 6.07) is 16.8. The number of hydrogen-bond donors (Lipinski definition) is 1. The van der Waals surface area contributed by atoms with Gasteiger partial charge in [-0.05, 0) is 30.8 Å². The highest BCUT2D eigenvalue weighted by Gasteiger charge is 2.20. The van der Waals surface area contributed by atoms with E-state index < -0.39 is 10.0 Å². The SMILES string of the molecule is CN1CCN(c2ccccc2NC(=O)CN(C)S(=O)(=O)/C=C/c2ccccc2)CC1. The second-order valence-electron chi connectivity index (χ2n) is 7.37. The zero-order chi connectivity index (χ0) is 21.6. The lowest BCUT2D eigenvalue weighted by Crippen LogP contribution is -2.44. The minimum atomic E-state index is -3.71. The highest BCUT2D eigenvalue weighted by molar-refractivity contribution is 7.92. The fourth-order valence-electron chi connectivity index (χ4n) is 3.22. The molecule has 7 nitrogen and oxygen atoms in total. The molecule has 1 aliphatic heterocycles. The van der Waals surface area contributed by atoms with Crippen LogP contribution in [0.2, 0.25) is 0 Å². The van der Waals surface area contributed by atoms with Crippen LogP contribution in [0.15, 0.2) is 60.0 Å². The molecule has 1 amide bonds. The average molecular weight is 429 g/mol. The van der Waals surface area contributed by atoms with E-state index in [9.17, 15) is 13.2 Å². The maximum atomic E-state index is 12.6. The first-order valence-electron chi connectivity index (χ1n) is 9.87. The Bertz CT molecular complexity index is 984. The Morgan fingerprint density at radius 3 is 2.37 bits per heavy atom. The van der Waals surface area contributed by atoms with Crippen LogP contribution < -0.4 is 10.2 Å². The van der Waals surface area contributed by atoms with Gasteiger partial charge in [-0.25, -0.2) is 8.42 Å². The molecule has 0 saturated carbocycles. The third-order valence-electron chi connectivity index (χ3n) is 5.05. The highest BCUT2D eigenvalue weighted by atomic mass is 32.2. The van der Waals surface area contributed by atoms with Crippen LogP contribution in [-0.2, 0) is 14.8 Å². The van der Waals surface area contributed by atoms with Gasteiger partial charge in [-0.1, -0.05) is 42.5 Å². The molecule has 0 atom stereocenters. The van der Waals surface area contributed by atoms with E-state index in [-0.39, 0.29) is 12.5 Å². The topological polar surface area (TPSA) is 73.0 Å². The second kappa shape index (κ2) is 9.88. The first-order chi connectivity index (χ1) is 14.3. The molecule has 0 spiro atoms. The van der Waals surface area contributed by atoms with Crippen molar-refractivity contribution in [2.45, 2.75) is 0 Å². The Hall–Kier alpha value is -2.68. The van der Waals surface area contributed by atoms with Crippen LogP contribution in [0.4, 0.5) is 11.4 Å². The molecule has 0 unspecified atom stereocenters. The number of carbonyl (C=O) groups is 1. The third kappa shape index (κ3) is 5.91. The number of piperazine rings is 1. The lowest BCUT2D eigenvalue weighted by Gasteiger charge is -2.35. The van der Waals surface area contributed by atoms with Crippen molar-refractivity contribution < 1.29 is 13.2 Å². The minimum absolute atomic E-state index is 0.265. The average Bonchev–Trinajstić information content (AvgIpc) is 2.74. The summed E-state index contributed by atoms with van der Waals surface area (Å²) in [5.41, 5.74) is 2.42. The smallest absolute Gasteiger partial charge is 0.239 e. The van der Waals surface area contributed by atoms with Crippen molar-refractivity contribution in [3.05, 3.63) is 65.6 Å². The van der Waals surface area contributed by atoms with E-state index in [1.165, 1.54) is 13.1 Å². The largest absolute Gasteiger partial charge is 0.367 e. The van der Waals surface area contributed by atoms with Crippen LogP contribution in [-0.4, -0.2) is 70.3 Å². The number of para-hydroxylation sites is 2. The molecule has 0 aliphatic carbocycles. The fraction of sp³-hybridized carbons (Fsp3) is 0.318. The number of rotatable bonds is 7. The number of anilines is 2. The standard InChI is InChI=1S/C22H28N4O3S/c1-24-13-15-26(16-14-24)21-11-7-6-10-20(21)23-22(27)18-25(2)30(28,29)17-12-19-8-4-3-5-9-19/h3-12,17H,13-16,18H2,1-2H3,(H,23,27)/b17-12+. The van der Waals surface area contributed by atoms with Crippen molar-refractivity contribution in [1.82, 2.24) is 9.21 Å². The van der Waals surface area contributed by atoms with Gasteiger partial charge in [0.25, 0.3) is 0 Å². The van der Waals surface area contributed by atoms with E-state index in [1.807, 2.05) is 54.6 Å². The van der Waals surface area contributed by atoms with Gasteiger partial charge in [0.2, 0.25) is 15.9 Å². The summed E-state index contributed by atoms with van der Waals surface area (Å²) >= 11 is 0. The second-order valence-corrected chi connectivity index (χ2v) is 9.30. The summed E-state index contributed by atoms with van der Waals surface area (Å²) in [5.74, 6) is -0.379. The van der Waals surface area contributed by atoms with Crippen LogP contribution >= 0.6 is 0 Å². The molecular weight excluding hydrogens is 400 g/mol. The molecule has 0 radical (unpaired) electrons. The Kier molecular flexibility index (Phi) is 7.25. The molecule has 1 N–H and O–H groups in total. The van der Waals surface area contributed by atoms with Gasteiger partial charge in [-0.15, -0.1) is 0 Å². The minimum Gasteiger partial charge on any atom is -0.367 e. The van der Waals surface area contributed by atoms with E-state index in [2.05, 4.69) is 22.2 Å². The summed E-state index contributed by atoms with van der Waals surface area (Å²) in [6.07, 6.45) is 1.52. The van der Waals surface area contributed by atoms with Crippen molar-refractivity contribution in [1.29, 1.82) is 0 Å². The fourth-order valence-corrected chi connectivity index (χ4v) is 4.05. The quantitative estimate of drug-likeness (QED) is 0.733. The molecule has 160 valence electrons. The zero-order valence-corrected chi connectivity index (χ0v) is 18.2. The van der Waals surface area contributed by atoms with Gasteiger partial charge in [0.1, 0.15) is 0 Å². The molecule has 3 rings (SSSR count). The molecule has 8 heteroatoms. The van der Waals surface area contributed by atoms with Gasteiger partial charge in [0.15, 0.2) is 0 Å². The van der Waals surface area contributed by atoms with Crippen molar-refractivity contribution in [3.8, 4) is 0 Å². The van der Waals surface area contributed by atoms with E-state index in [0.29, 0.717) is 5.69 Å². The predicted octanol–water partition coefficient (Wildman–Crippen LogP) is 2.31. The zero-order valence-electron chi connectivity index (χ0n) is 17.4. The highest BCUT2D eigenvalue weighted by Crippen LogP contribution is 2.26. The number of likely N-dealkylation sites (N-methyl/N-ethyl adjacent to an activating group) is 2. The summed E-state index contributed by atoms with van der Waals surface area (Å²) in [6.45, 7) is 3.40.